The van der Waals surface area contributed by atoms with Gasteiger partial charge in [0.2, 0.25) is 11.8 Å². The number of hydrogen-bond acceptors (Lipinski definition) is 6. The van der Waals surface area contributed by atoms with E-state index in [9.17, 15) is 24.3 Å². The van der Waals surface area contributed by atoms with Crippen molar-refractivity contribution in [1.29, 1.82) is 0 Å². The molecule has 0 aliphatic carbocycles. The molecule has 0 fully saturated rings. The maximum atomic E-state index is 12.8. The van der Waals surface area contributed by atoms with Crippen molar-refractivity contribution in [1.82, 2.24) is 19.1 Å². The SMILES string of the molecule is Cn1c(O)c([C@@H]2c3ccccc3Oc3[nH]c(=O)n(C)c(=O)c32)c(=O)[nH]c1=O. The van der Waals surface area contributed by atoms with Crippen LogP contribution >= 0.6 is 0 Å². The predicted octanol–water partition coefficient (Wildman–Crippen LogP) is -0.548. The fourth-order valence-corrected chi connectivity index (χ4v) is 3.22. The molecule has 1 aliphatic heterocycles. The molecule has 27 heavy (non-hydrogen) atoms. The maximum absolute atomic E-state index is 12.8. The summed E-state index contributed by atoms with van der Waals surface area (Å²) in [5, 5.41) is 10.5. The topological polar surface area (TPSA) is 139 Å². The first kappa shape index (κ1) is 16.6. The average molecular weight is 370 g/mol. The fourth-order valence-electron chi connectivity index (χ4n) is 3.22. The van der Waals surface area contributed by atoms with Crippen molar-refractivity contribution in [2.45, 2.75) is 5.92 Å². The Kier molecular flexibility index (Phi) is 3.45. The van der Waals surface area contributed by atoms with Gasteiger partial charge in [-0.3, -0.25) is 28.7 Å². The highest BCUT2D eigenvalue weighted by molar-refractivity contribution is 5.56. The van der Waals surface area contributed by atoms with Crippen molar-refractivity contribution in [3.8, 4) is 17.5 Å². The van der Waals surface area contributed by atoms with Crippen molar-refractivity contribution in [2.75, 3.05) is 0 Å². The number of nitrogens with one attached hydrogen (secondary N) is 2. The van der Waals surface area contributed by atoms with Crippen LogP contribution in [-0.4, -0.2) is 24.2 Å². The molecule has 0 saturated carbocycles. The predicted molar refractivity (Wildman–Crippen MR) is 93.7 cm³/mol. The monoisotopic (exact) mass is 370 g/mol. The Morgan fingerprint density at radius 2 is 1.63 bits per heavy atom. The maximum Gasteiger partial charge on any atom is 0.330 e. The largest absolute Gasteiger partial charge is 0.494 e. The number of ether oxygens (including phenoxy) is 1. The van der Waals surface area contributed by atoms with Crippen LogP contribution in [0.2, 0.25) is 0 Å². The van der Waals surface area contributed by atoms with Gasteiger partial charge in [0, 0.05) is 19.7 Å². The Balaban J connectivity index is 2.18. The molecule has 10 heteroatoms. The van der Waals surface area contributed by atoms with Crippen LogP contribution in [0, 0.1) is 0 Å². The Bertz CT molecular complexity index is 1320. The van der Waals surface area contributed by atoms with Crippen LogP contribution in [-0.2, 0) is 14.1 Å². The second-order valence-electron chi connectivity index (χ2n) is 6.17. The molecule has 3 aromatic rings. The van der Waals surface area contributed by atoms with Crippen LogP contribution in [0.15, 0.2) is 43.4 Å². The molecule has 1 aliphatic rings. The number of aromatic hydroxyl groups is 1. The van der Waals surface area contributed by atoms with E-state index in [1.54, 1.807) is 24.3 Å². The second-order valence-corrected chi connectivity index (χ2v) is 6.17. The summed E-state index contributed by atoms with van der Waals surface area (Å²) in [6.07, 6.45) is 0. The Labute approximate surface area is 149 Å². The van der Waals surface area contributed by atoms with Crippen LogP contribution in [0.3, 0.4) is 0 Å². The van der Waals surface area contributed by atoms with Gasteiger partial charge >= 0.3 is 11.4 Å². The van der Waals surface area contributed by atoms with E-state index in [4.69, 9.17) is 4.74 Å². The fraction of sp³-hybridized carbons (Fsp3) is 0.176. The molecule has 0 saturated heterocycles. The summed E-state index contributed by atoms with van der Waals surface area (Å²) < 4.78 is 7.36. The molecule has 0 unspecified atom stereocenters. The van der Waals surface area contributed by atoms with E-state index < -0.39 is 34.3 Å². The minimum absolute atomic E-state index is 0.0183. The molecule has 1 aromatic carbocycles. The Morgan fingerprint density at radius 1 is 0.963 bits per heavy atom. The zero-order valence-corrected chi connectivity index (χ0v) is 14.3. The van der Waals surface area contributed by atoms with E-state index in [-0.39, 0.29) is 17.0 Å². The van der Waals surface area contributed by atoms with Gasteiger partial charge in [-0.25, -0.2) is 9.59 Å². The molecule has 3 N–H and O–H groups in total. The molecular formula is C17H14N4O6. The number of nitrogens with zero attached hydrogens (tertiary/aromatic N) is 2. The Hall–Kier alpha value is -3.82. The molecule has 2 aromatic heterocycles. The van der Waals surface area contributed by atoms with Gasteiger partial charge in [0.05, 0.1) is 17.0 Å². The van der Waals surface area contributed by atoms with Crippen LogP contribution < -0.4 is 27.2 Å². The minimum Gasteiger partial charge on any atom is -0.494 e. The van der Waals surface area contributed by atoms with E-state index in [1.807, 2.05) is 0 Å². The van der Waals surface area contributed by atoms with Crippen LogP contribution in [0.25, 0.3) is 0 Å². The first-order valence-electron chi connectivity index (χ1n) is 7.93. The average Bonchev–Trinajstić information content (AvgIpc) is 2.64. The zero-order valence-electron chi connectivity index (χ0n) is 14.3. The van der Waals surface area contributed by atoms with Gasteiger partial charge in [-0.05, 0) is 6.07 Å². The van der Waals surface area contributed by atoms with E-state index in [2.05, 4.69) is 9.97 Å². The van der Waals surface area contributed by atoms with Crippen molar-refractivity contribution < 1.29 is 9.84 Å². The summed E-state index contributed by atoms with van der Waals surface area (Å²) in [5.74, 6) is -1.42. The highest BCUT2D eigenvalue weighted by Gasteiger charge is 2.36. The number of H-pyrrole nitrogens is 2. The number of hydrogen-bond donors (Lipinski definition) is 3. The van der Waals surface area contributed by atoms with Crippen molar-refractivity contribution in [3.63, 3.8) is 0 Å². The first-order chi connectivity index (χ1) is 12.8. The van der Waals surface area contributed by atoms with Crippen LogP contribution in [0.4, 0.5) is 0 Å². The van der Waals surface area contributed by atoms with Crippen LogP contribution in [0.5, 0.6) is 17.5 Å². The number of benzene rings is 1. The lowest BCUT2D eigenvalue weighted by atomic mass is 9.85. The zero-order chi connectivity index (χ0) is 19.5. The van der Waals surface area contributed by atoms with E-state index in [0.717, 1.165) is 9.13 Å². The molecule has 3 heterocycles. The summed E-state index contributed by atoms with van der Waals surface area (Å²) in [7, 11) is 2.57. The quantitative estimate of drug-likeness (QED) is 0.411. The minimum atomic E-state index is -1.05. The normalized spacial score (nSPS) is 15.0. The van der Waals surface area contributed by atoms with Gasteiger partial charge < -0.3 is 9.84 Å². The summed E-state index contributed by atoms with van der Waals surface area (Å²) in [6.45, 7) is 0. The van der Waals surface area contributed by atoms with Gasteiger partial charge in [0.25, 0.3) is 11.1 Å². The van der Waals surface area contributed by atoms with Gasteiger partial charge in [-0.2, -0.15) is 0 Å². The van der Waals surface area contributed by atoms with Crippen molar-refractivity contribution >= 4 is 0 Å². The number of aromatic nitrogens is 4. The van der Waals surface area contributed by atoms with E-state index >= 15 is 0 Å². The van der Waals surface area contributed by atoms with E-state index in [0.29, 0.717) is 11.3 Å². The van der Waals surface area contributed by atoms with E-state index in [1.165, 1.54) is 14.1 Å². The third kappa shape index (κ3) is 2.26. The second kappa shape index (κ2) is 5.59. The smallest absolute Gasteiger partial charge is 0.330 e. The number of aromatic amines is 2. The molecule has 0 radical (unpaired) electrons. The molecule has 0 amide bonds. The van der Waals surface area contributed by atoms with Gasteiger partial charge in [-0.1, -0.05) is 18.2 Å². The highest BCUT2D eigenvalue weighted by atomic mass is 16.5. The number of fused-ring (bicyclic) bond motifs is 2. The van der Waals surface area contributed by atoms with Gasteiger partial charge in [0.15, 0.2) is 0 Å². The summed E-state index contributed by atoms with van der Waals surface area (Å²) in [5.41, 5.74) is -2.77. The van der Waals surface area contributed by atoms with Crippen molar-refractivity contribution in [3.05, 3.63) is 82.6 Å². The molecule has 0 spiro atoms. The molecule has 1 atom stereocenters. The molecule has 0 bridgehead atoms. The lowest BCUT2D eigenvalue weighted by Crippen LogP contribution is -2.39. The molecule has 4 rings (SSSR count). The molecule has 138 valence electrons. The summed E-state index contributed by atoms with van der Waals surface area (Å²) >= 11 is 0. The van der Waals surface area contributed by atoms with Gasteiger partial charge in [-0.15, -0.1) is 0 Å². The lowest BCUT2D eigenvalue weighted by molar-refractivity contribution is 0.397. The Morgan fingerprint density at radius 3 is 2.37 bits per heavy atom. The standard InChI is InChI=1S/C17H14N4O6/c1-20-14(23)10(12(22)18-16(20)25)9-7-5-3-4-6-8(7)27-13-11(9)15(24)21(2)17(26)19-13/h3-6,9,23H,1-2H3,(H,19,26)(H,18,22,25)/t9-/m0/s1. The number of rotatable bonds is 1. The highest BCUT2D eigenvalue weighted by Crippen LogP contribution is 2.45. The van der Waals surface area contributed by atoms with Crippen molar-refractivity contribution in [2.24, 2.45) is 14.1 Å². The lowest BCUT2D eigenvalue weighted by Gasteiger charge is -2.27. The van der Waals surface area contributed by atoms with Crippen LogP contribution in [0.1, 0.15) is 22.6 Å². The number of para-hydroxylation sites is 1. The summed E-state index contributed by atoms with van der Waals surface area (Å²) in [4.78, 5) is 53.7. The third-order valence-corrected chi connectivity index (χ3v) is 4.65. The molecular weight excluding hydrogens is 356 g/mol. The first-order valence-corrected chi connectivity index (χ1v) is 7.93. The summed E-state index contributed by atoms with van der Waals surface area (Å²) in [6, 6.07) is 6.61. The molecule has 10 nitrogen and oxygen atoms in total. The third-order valence-electron chi connectivity index (χ3n) is 4.65. The van der Waals surface area contributed by atoms with Gasteiger partial charge in [0.1, 0.15) is 5.75 Å².